The second-order valence-electron chi connectivity index (χ2n) is 9.26. The first-order valence-electron chi connectivity index (χ1n) is 12.8. The van der Waals surface area contributed by atoms with Gasteiger partial charge in [-0.1, -0.05) is 95.8 Å². The van der Waals surface area contributed by atoms with Crippen LogP contribution in [0.1, 0.15) is 58.6 Å². The third-order valence-corrected chi connectivity index (χ3v) is 6.04. The van der Waals surface area contributed by atoms with Crippen LogP contribution in [-0.4, -0.2) is 6.17 Å². The quantitative estimate of drug-likeness (QED) is 0.277. The zero-order valence-corrected chi connectivity index (χ0v) is 22.8. The van der Waals surface area contributed by atoms with Crippen molar-refractivity contribution in [3.05, 3.63) is 114 Å². The summed E-state index contributed by atoms with van der Waals surface area (Å²) in [5, 5.41) is 3.36. The standard InChI is InChI=1S/C23H26N2O.C9H19F/c1-4-21(18(3)24)15-22(5-2)25-16-20-12-9-13-23(14-20)26-17-19-10-7-6-8-11-19;1-5-6-9(10)8(4)7(2)3/h4-15,25H,2-3,16-17,24H2,1H3;7-9H,5-6H2,1-4H3/b21-4+,22-15+;. The van der Waals surface area contributed by atoms with Crippen LogP contribution in [-0.2, 0) is 13.2 Å². The third kappa shape index (κ3) is 11.9. The van der Waals surface area contributed by atoms with E-state index < -0.39 is 6.17 Å². The number of rotatable bonds is 13. The number of hydrogen-bond donors (Lipinski definition) is 2. The molecule has 2 aromatic carbocycles. The Labute approximate surface area is 218 Å². The molecule has 2 aromatic rings. The zero-order valence-electron chi connectivity index (χ0n) is 22.8. The van der Waals surface area contributed by atoms with Crippen LogP contribution in [0.25, 0.3) is 0 Å². The van der Waals surface area contributed by atoms with Crippen LogP contribution >= 0.6 is 0 Å². The number of nitrogens with two attached hydrogens (primary N) is 1. The lowest BCUT2D eigenvalue weighted by atomic mass is 9.91. The van der Waals surface area contributed by atoms with Gasteiger partial charge in [-0.15, -0.1) is 0 Å². The first-order valence-corrected chi connectivity index (χ1v) is 12.8. The van der Waals surface area contributed by atoms with Gasteiger partial charge in [-0.2, -0.15) is 0 Å². The first kappa shape index (κ1) is 30.8. The van der Waals surface area contributed by atoms with Gasteiger partial charge in [0.15, 0.2) is 0 Å². The smallest absolute Gasteiger partial charge is 0.120 e. The zero-order chi connectivity index (χ0) is 26.9. The molecule has 0 aliphatic carbocycles. The lowest BCUT2D eigenvalue weighted by Gasteiger charge is -2.19. The van der Waals surface area contributed by atoms with E-state index in [0.29, 0.717) is 24.8 Å². The van der Waals surface area contributed by atoms with E-state index in [4.69, 9.17) is 10.5 Å². The Morgan fingerprint density at radius 3 is 2.31 bits per heavy atom. The van der Waals surface area contributed by atoms with Crippen LogP contribution in [0, 0.1) is 11.8 Å². The van der Waals surface area contributed by atoms with E-state index in [0.717, 1.165) is 41.0 Å². The molecule has 0 aliphatic rings. The predicted molar refractivity (Wildman–Crippen MR) is 153 cm³/mol. The van der Waals surface area contributed by atoms with Crippen molar-refractivity contribution in [1.29, 1.82) is 0 Å². The molecule has 36 heavy (non-hydrogen) atoms. The summed E-state index contributed by atoms with van der Waals surface area (Å²) in [7, 11) is 0. The number of allylic oxidation sites excluding steroid dienone is 3. The third-order valence-electron chi connectivity index (χ3n) is 6.04. The Bertz CT molecular complexity index is 979. The van der Waals surface area contributed by atoms with E-state index in [2.05, 4.69) is 50.5 Å². The Hall–Kier alpha value is -3.27. The van der Waals surface area contributed by atoms with Crippen LogP contribution in [0.2, 0.25) is 0 Å². The van der Waals surface area contributed by atoms with E-state index in [1.165, 1.54) is 0 Å². The second-order valence-corrected chi connectivity index (χ2v) is 9.26. The molecule has 0 amide bonds. The highest BCUT2D eigenvalue weighted by molar-refractivity contribution is 5.40. The van der Waals surface area contributed by atoms with Gasteiger partial charge in [-0.3, -0.25) is 0 Å². The molecule has 0 radical (unpaired) electrons. The fourth-order valence-corrected chi connectivity index (χ4v) is 3.36. The molecule has 196 valence electrons. The second kappa shape index (κ2) is 17.2. The number of hydrogen-bond acceptors (Lipinski definition) is 3. The molecule has 0 saturated heterocycles. The van der Waals surface area contributed by atoms with Crippen LogP contribution in [0.15, 0.2) is 103 Å². The number of ether oxygens (including phenoxy) is 1. The molecule has 3 nitrogen and oxygen atoms in total. The average Bonchev–Trinajstić information content (AvgIpc) is 2.88. The van der Waals surface area contributed by atoms with Crippen molar-refractivity contribution in [2.75, 3.05) is 0 Å². The Balaban J connectivity index is 0.000000548. The van der Waals surface area contributed by atoms with Crippen molar-refractivity contribution < 1.29 is 9.13 Å². The van der Waals surface area contributed by atoms with Gasteiger partial charge in [0.2, 0.25) is 0 Å². The van der Waals surface area contributed by atoms with Crippen molar-refractivity contribution in [2.45, 2.75) is 66.8 Å². The normalized spacial score (nSPS) is 13.3. The summed E-state index contributed by atoms with van der Waals surface area (Å²) in [6, 6.07) is 18.2. The van der Waals surface area contributed by atoms with Gasteiger partial charge in [0.05, 0.1) is 0 Å². The fraction of sp³-hybridized carbons (Fsp3) is 0.375. The van der Waals surface area contributed by atoms with Crippen molar-refractivity contribution in [3.8, 4) is 5.75 Å². The number of nitrogens with one attached hydrogen (secondary N) is 1. The van der Waals surface area contributed by atoms with Gasteiger partial charge < -0.3 is 15.8 Å². The molecule has 0 fully saturated rings. The molecule has 0 spiro atoms. The summed E-state index contributed by atoms with van der Waals surface area (Å²) in [5.74, 6) is 1.54. The summed E-state index contributed by atoms with van der Waals surface area (Å²) < 4.78 is 18.9. The molecular formula is C32H45FN2O. The van der Waals surface area contributed by atoms with E-state index in [1.54, 1.807) is 6.08 Å². The maximum Gasteiger partial charge on any atom is 0.120 e. The first-order chi connectivity index (χ1) is 17.2. The van der Waals surface area contributed by atoms with Gasteiger partial charge in [-0.25, -0.2) is 4.39 Å². The van der Waals surface area contributed by atoms with Gasteiger partial charge in [0.1, 0.15) is 18.5 Å². The molecule has 2 unspecified atom stereocenters. The molecule has 3 N–H and O–H groups in total. The van der Waals surface area contributed by atoms with Gasteiger partial charge >= 0.3 is 0 Å². The Morgan fingerprint density at radius 2 is 1.75 bits per heavy atom. The van der Waals surface area contributed by atoms with Crippen LogP contribution in [0.4, 0.5) is 4.39 Å². The minimum atomic E-state index is -0.593. The van der Waals surface area contributed by atoms with Gasteiger partial charge in [0, 0.05) is 17.9 Å². The summed E-state index contributed by atoms with van der Waals surface area (Å²) in [6.07, 6.45) is 6.71. The van der Waals surface area contributed by atoms with Crippen LogP contribution in [0.3, 0.4) is 0 Å². The van der Waals surface area contributed by atoms with Gasteiger partial charge in [-0.05, 0) is 66.2 Å². The van der Waals surface area contributed by atoms with E-state index in [9.17, 15) is 4.39 Å². The van der Waals surface area contributed by atoms with Crippen LogP contribution < -0.4 is 15.8 Å². The van der Waals surface area contributed by atoms with Crippen molar-refractivity contribution in [1.82, 2.24) is 5.32 Å². The molecule has 0 saturated carbocycles. The van der Waals surface area contributed by atoms with Gasteiger partial charge in [0.25, 0.3) is 0 Å². The van der Waals surface area contributed by atoms with Crippen molar-refractivity contribution in [3.63, 3.8) is 0 Å². The largest absolute Gasteiger partial charge is 0.489 e. The monoisotopic (exact) mass is 492 g/mol. The van der Waals surface area contributed by atoms with E-state index >= 15 is 0 Å². The molecule has 0 aliphatic heterocycles. The van der Waals surface area contributed by atoms with Crippen molar-refractivity contribution in [2.24, 2.45) is 17.6 Å². The van der Waals surface area contributed by atoms with E-state index in [1.807, 2.05) is 69.3 Å². The number of alkyl halides is 1. The summed E-state index contributed by atoms with van der Waals surface area (Å²) in [5.41, 5.74) is 10.3. The molecule has 2 atom stereocenters. The lowest BCUT2D eigenvalue weighted by molar-refractivity contribution is 0.184. The molecule has 0 bridgehead atoms. The number of halogens is 1. The summed E-state index contributed by atoms with van der Waals surface area (Å²) >= 11 is 0. The average molecular weight is 493 g/mol. The minimum absolute atomic E-state index is 0.222. The highest BCUT2D eigenvalue weighted by Crippen LogP contribution is 2.20. The maximum absolute atomic E-state index is 13.0. The minimum Gasteiger partial charge on any atom is -0.489 e. The molecular weight excluding hydrogens is 447 g/mol. The highest BCUT2D eigenvalue weighted by Gasteiger charge is 2.17. The maximum atomic E-state index is 13.0. The van der Waals surface area contributed by atoms with Crippen molar-refractivity contribution >= 4 is 0 Å². The molecule has 2 rings (SSSR count). The molecule has 4 heteroatoms. The summed E-state index contributed by atoms with van der Waals surface area (Å²) in [6.45, 7) is 18.9. The molecule has 0 aromatic heterocycles. The lowest BCUT2D eigenvalue weighted by Crippen LogP contribution is -2.17. The predicted octanol–water partition coefficient (Wildman–Crippen LogP) is 8.26. The number of benzene rings is 2. The fourth-order valence-electron chi connectivity index (χ4n) is 3.36. The molecule has 0 heterocycles. The SMILES string of the molecule is C=C/C(=C\C(=C/C)C(=C)N)NCc1cccc(OCc2ccccc2)c1.CCCC(F)C(C)C(C)C. The topological polar surface area (TPSA) is 47.3 Å². The van der Waals surface area contributed by atoms with E-state index in [-0.39, 0.29) is 5.92 Å². The van der Waals surface area contributed by atoms with Crippen LogP contribution in [0.5, 0.6) is 5.75 Å². The summed E-state index contributed by atoms with van der Waals surface area (Å²) in [4.78, 5) is 0. The highest BCUT2D eigenvalue weighted by atomic mass is 19.1. The Kier molecular flexibility index (Phi) is 14.7. The Morgan fingerprint density at radius 1 is 1.08 bits per heavy atom.